The van der Waals surface area contributed by atoms with E-state index in [9.17, 15) is 9.59 Å². The van der Waals surface area contributed by atoms with Crippen molar-refractivity contribution in [2.24, 2.45) is 0 Å². The molecule has 1 fully saturated rings. The van der Waals surface area contributed by atoms with E-state index in [4.69, 9.17) is 14.2 Å². The van der Waals surface area contributed by atoms with Gasteiger partial charge in [0.25, 0.3) is 0 Å². The Morgan fingerprint density at radius 1 is 1.25 bits per heavy atom. The normalized spacial score (nSPS) is 18.1. The molecule has 2 aliphatic rings. The number of cyclic esters (lactones) is 1. The first kappa shape index (κ1) is 16.6. The summed E-state index contributed by atoms with van der Waals surface area (Å²) in [6, 6.07) is 5.40. The molecule has 0 radical (unpaired) electrons. The molecule has 1 amide bonds. The SMILES string of the molecule is CC(C)(C)OC(=O)N1CCC(Oc2ccc3c(c2)COC3=O)CC1. The van der Waals surface area contributed by atoms with Gasteiger partial charge >= 0.3 is 12.1 Å². The Kier molecular flexibility index (Phi) is 4.39. The number of piperidine rings is 1. The van der Waals surface area contributed by atoms with Crippen LogP contribution in [-0.2, 0) is 16.1 Å². The molecule has 0 aliphatic carbocycles. The Balaban J connectivity index is 1.53. The highest BCUT2D eigenvalue weighted by Crippen LogP contribution is 2.27. The minimum Gasteiger partial charge on any atom is -0.490 e. The molecule has 0 aromatic heterocycles. The van der Waals surface area contributed by atoms with Crippen LogP contribution in [-0.4, -0.2) is 41.8 Å². The first-order chi connectivity index (χ1) is 11.3. The molecule has 0 spiro atoms. The number of fused-ring (bicyclic) bond motifs is 1. The monoisotopic (exact) mass is 333 g/mol. The molecular formula is C18H23NO5. The molecule has 24 heavy (non-hydrogen) atoms. The summed E-state index contributed by atoms with van der Waals surface area (Å²) in [7, 11) is 0. The molecule has 1 saturated heterocycles. The van der Waals surface area contributed by atoms with Crippen LogP contribution in [0.15, 0.2) is 18.2 Å². The maximum atomic E-state index is 12.1. The number of carbonyl (C=O) groups is 2. The molecule has 0 N–H and O–H groups in total. The zero-order valence-electron chi connectivity index (χ0n) is 14.3. The fourth-order valence-corrected chi connectivity index (χ4v) is 2.86. The van der Waals surface area contributed by atoms with Crippen LogP contribution < -0.4 is 4.74 Å². The highest BCUT2D eigenvalue weighted by Gasteiger charge is 2.28. The average molecular weight is 333 g/mol. The summed E-state index contributed by atoms with van der Waals surface area (Å²) in [6.07, 6.45) is 1.30. The van der Waals surface area contributed by atoms with Gasteiger partial charge in [-0.1, -0.05) is 0 Å². The van der Waals surface area contributed by atoms with Gasteiger partial charge in [-0.2, -0.15) is 0 Å². The second kappa shape index (κ2) is 6.34. The van der Waals surface area contributed by atoms with Crippen LogP contribution in [0.3, 0.4) is 0 Å². The molecule has 3 rings (SSSR count). The lowest BCUT2D eigenvalue weighted by Gasteiger charge is -2.33. The Morgan fingerprint density at radius 3 is 2.62 bits per heavy atom. The number of likely N-dealkylation sites (tertiary alicyclic amines) is 1. The van der Waals surface area contributed by atoms with Crippen LogP contribution >= 0.6 is 0 Å². The molecule has 2 aliphatic heterocycles. The second-order valence-corrected chi connectivity index (χ2v) is 7.18. The third kappa shape index (κ3) is 3.80. The van der Waals surface area contributed by atoms with Crippen molar-refractivity contribution < 1.29 is 23.8 Å². The first-order valence-corrected chi connectivity index (χ1v) is 8.26. The molecular weight excluding hydrogens is 310 g/mol. The first-order valence-electron chi connectivity index (χ1n) is 8.26. The summed E-state index contributed by atoms with van der Waals surface area (Å²) >= 11 is 0. The number of nitrogens with zero attached hydrogens (tertiary/aromatic N) is 1. The Labute approximate surface area is 141 Å². The second-order valence-electron chi connectivity index (χ2n) is 7.18. The lowest BCUT2D eigenvalue weighted by atomic mass is 10.1. The highest BCUT2D eigenvalue weighted by molar-refractivity contribution is 5.93. The van der Waals surface area contributed by atoms with E-state index >= 15 is 0 Å². The number of hydrogen-bond donors (Lipinski definition) is 0. The fourth-order valence-electron chi connectivity index (χ4n) is 2.86. The topological polar surface area (TPSA) is 65.1 Å². The number of rotatable bonds is 2. The summed E-state index contributed by atoms with van der Waals surface area (Å²) in [4.78, 5) is 25.2. The van der Waals surface area contributed by atoms with Gasteiger partial charge in [0, 0.05) is 31.5 Å². The van der Waals surface area contributed by atoms with Gasteiger partial charge in [0.2, 0.25) is 0 Å². The molecule has 6 nitrogen and oxygen atoms in total. The number of amides is 1. The van der Waals surface area contributed by atoms with E-state index < -0.39 is 5.60 Å². The van der Waals surface area contributed by atoms with Crippen molar-refractivity contribution in [2.75, 3.05) is 13.1 Å². The number of hydrogen-bond acceptors (Lipinski definition) is 5. The summed E-state index contributed by atoms with van der Waals surface area (Å²) in [6.45, 7) is 7.13. The number of benzene rings is 1. The number of esters is 1. The van der Waals surface area contributed by atoms with E-state index in [0.717, 1.165) is 24.2 Å². The molecule has 130 valence electrons. The standard InChI is InChI=1S/C18H23NO5/c1-18(2,3)24-17(21)19-8-6-13(7-9-19)23-14-4-5-15-12(10-14)11-22-16(15)20/h4-5,10,13H,6-9,11H2,1-3H3. The van der Waals surface area contributed by atoms with E-state index in [1.807, 2.05) is 26.8 Å². The van der Waals surface area contributed by atoms with Crippen LogP contribution in [0.1, 0.15) is 49.5 Å². The maximum absolute atomic E-state index is 12.1. The molecule has 2 heterocycles. The third-order valence-corrected chi connectivity index (χ3v) is 4.05. The molecule has 1 aromatic rings. The van der Waals surface area contributed by atoms with Crippen molar-refractivity contribution in [3.8, 4) is 5.75 Å². The lowest BCUT2D eigenvalue weighted by molar-refractivity contribution is 0.0126. The smallest absolute Gasteiger partial charge is 0.410 e. The minimum atomic E-state index is -0.478. The lowest BCUT2D eigenvalue weighted by Crippen LogP contribution is -2.44. The van der Waals surface area contributed by atoms with Crippen LogP contribution in [0.2, 0.25) is 0 Å². The van der Waals surface area contributed by atoms with E-state index in [0.29, 0.717) is 25.3 Å². The van der Waals surface area contributed by atoms with Gasteiger partial charge in [-0.05, 0) is 39.0 Å². The van der Waals surface area contributed by atoms with Crippen molar-refractivity contribution in [2.45, 2.75) is 51.9 Å². The Hall–Kier alpha value is -2.24. The third-order valence-electron chi connectivity index (χ3n) is 4.05. The molecule has 1 aromatic carbocycles. The van der Waals surface area contributed by atoms with Crippen LogP contribution in [0, 0.1) is 0 Å². The molecule has 0 unspecified atom stereocenters. The zero-order chi connectivity index (χ0) is 17.3. The summed E-state index contributed by atoms with van der Waals surface area (Å²) in [5.74, 6) is 0.463. The van der Waals surface area contributed by atoms with Crippen LogP contribution in [0.4, 0.5) is 4.79 Å². The van der Waals surface area contributed by atoms with Gasteiger partial charge in [-0.25, -0.2) is 9.59 Å². The van der Waals surface area contributed by atoms with Gasteiger partial charge in [-0.3, -0.25) is 0 Å². The van der Waals surface area contributed by atoms with E-state index in [1.54, 1.807) is 17.0 Å². The summed E-state index contributed by atoms with van der Waals surface area (Å²) < 4.78 is 16.4. The number of ether oxygens (including phenoxy) is 3. The van der Waals surface area contributed by atoms with Gasteiger partial charge in [-0.15, -0.1) is 0 Å². The van der Waals surface area contributed by atoms with Crippen LogP contribution in [0.5, 0.6) is 5.75 Å². The summed E-state index contributed by atoms with van der Waals surface area (Å²) in [5, 5.41) is 0. The predicted octanol–water partition coefficient (Wildman–Crippen LogP) is 3.14. The number of carbonyl (C=O) groups excluding carboxylic acids is 2. The van der Waals surface area contributed by atoms with E-state index in [2.05, 4.69) is 0 Å². The van der Waals surface area contributed by atoms with Crippen molar-refractivity contribution in [3.05, 3.63) is 29.3 Å². The van der Waals surface area contributed by atoms with E-state index in [1.165, 1.54) is 0 Å². The molecule has 0 bridgehead atoms. The van der Waals surface area contributed by atoms with Crippen molar-refractivity contribution in [3.63, 3.8) is 0 Å². The van der Waals surface area contributed by atoms with Crippen molar-refractivity contribution in [1.82, 2.24) is 4.90 Å². The molecule has 0 saturated carbocycles. The largest absolute Gasteiger partial charge is 0.490 e. The Morgan fingerprint density at radius 2 is 1.96 bits per heavy atom. The summed E-state index contributed by atoms with van der Waals surface area (Å²) in [5.41, 5.74) is 1.000. The molecule has 6 heteroatoms. The van der Waals surface area contributed by atoms with E-state index in [-0.39, 0.29) is 18.2 Å². The van der Waals surface area contributed by atoms with Gasteiger partial charge in [0.05, 0.1) is 5.56 Å². The highest BCUT2D eigenvalue weighted by atomic mass is 16.6. The molecule has 0 atom stereocenters. The van der Waals surface area contributed by atoms with Gasteiger partial charge < -0.3 is 19.1 Å². The van der Waals surface area contributed by atoms with Gasteiger partial charge in [0.1, 0.15) is 24.1 Å². The predicted molar refractivity (Wildman–Crippen MR) is 87.0 cm³/mol. The average Bonchev–Trinajstić information content (AvgIpc) is 2.87. The fraction of sp³-hybridized carbons (Fsp3) is 0.556. The zero-order valence-corrected chi connectivity index (χ0v) is 14.3. The quantitative estimate of drug-likeness (QED) is 0.778. The van der Waals surface area contributed by atoms with Crippen molar-refractivity contribution in [1.29, 1.82) is 0 Å². The van der Waals surface area contributed by atoms with Crippen LogP contribution in [0.25, 0.3) is 0 Å². The maximum Gasteiger partial charge on any atom is 0.410 e. The Bertz CT molecular complexity index is 641. The van der Waals surface area contributed by atoms with Crippen molar-refractivity contribution >= 4 is 12.1 Å². The minimum absolute atomic E-state index is 0.0553. The van der Waals surface area contributed by atoms with Gasteiger partial charge in [0.15, 0.2) is 0 Å².